The smallest absolute Gasteiger partial charge is 0.100 e. The van der Waals surface area contributed by atoms with Crippen LogP contribution in [0.5, 0.6) is 0 Å². The van der Waals surface area contributed by atoms with Crippen molar-refractivity contribution in [3.05, 3.63) is 24.6 Å². The first-order valence-electron chi connectivity index (χ1n) is 7.02. The van der Waals surface area contributed by atoms with Gasteiger partial charge in [0, 0.05) is 0 Å². The highest BCUT2D eigenvalue weighted by Crippen LogP contribution is 2.22. The van der Waals surface area contributed by atoms with Gasteiger partial charge >= 0.3 is 0 Å². The van der Waals surface area contributed by atoms with Crippen LogP contribution in [0.2, 0.25) is 12.1 Å². The summed E-state index contributed by atoms with van der Waals surface area (Å²) in [5, 5.41) is 0. The van der Waals surface area contributed by atoms with E-state index in [9.17, 15) is 0 Å². The maximum atomic E-state index is 4.00. The summed E-state index contributed by atoms with van der Waals surface area (Å²) in [7, 11) is -1.26. The summed E-state index contributed by atoms with van der Waals surface area (Å²) >= 11 is 0. The minimum atomic E-state index is -1.26. The molecule has 0 fully saturated rings. The highest BCUT2D eigenvalue weighted by molar-refractivity contribution is 6.88. The standard InChI is InChI=1S/C15H30Si/c1-5-9-10-11-12-13-14-15-16(6-2,7-3)8-4/h6-7H,2-3,5,8-15H2,1,4H3. The minimum absolute atomic E-state index is 1.26. The van der Waals surface area contributed by atoms with E-state index in [-0.39, 0.29) is 0 Å². The average Bonchev–Trinajstić information content (AvgIpc) is 2.34. The molecular formula is C15H30Si. The van der Waals surface area contributed by atoms with Gasteiger partial charge in [0.25, 0.3) is 0 Å². The van der Waals surface area contributed by atoms with Crippen molar-refractivity contribution < 1.29 is 0 Å². The summed E-state index contributed by atoms with van der Waals surface area (Å²) in [5.74, 6) is 0. The van der Waals surface area contributed by atoms with Gasteiger partial charge in [-0.25, -0.2) is 0 Å². The van der Waals surface area contributed by atoms with E-state index in [0.717, 1.165) is 0 Å². The normalized spacial score (nSPS) is 11.4. The first kappa shape index (κ1) is 15.7. The Morgan fingerprint density at radius 3 is 1.75 bits per heavy atom. The van der Waals surface area contributed by atoms with Crippen molar-refractivity contribution in [2.45, 2.75) is 70.9 Å². The molecule has 0 N–H and O–H groups in total. The molecule has 0 saturated carbocycles. The highest BCUT2D eigenvalue weighted by atomic mass is 28.3. The number of rotatable bonds is 11. The summed E-state index contributed by atoms with van der Waals surface area (Å²) in [6.07, 6.45) is 9.81. The molecule has 0 nitrogen and oxygen atoms in total. The number of hydrogen-bond acceptors (Lipinski definition) is 0. The third-order valence-electron chi connectivity index (χ3n) is 3.72. The second kappa shape index (κ2) is 9.89. The van der Waals surface area contributed by atoms with Crippen LogP contribution in [0.15, 0.2) is 24.6 Å². The molecule has 0 radical (unpaired) electrons. The van der Waals surface area contributed by atoms with Gasteiger partial charge in [0.2, 0.25) is 0 Å². The van der Waals surface area contributed by atoms with Crippen molar-refractivity contribution in [1.82, 2.24) is 0 Å². The Hall–Kier alpha value is -0.303. The Bertz CT molecular complexity index is 176. The van der Waals surface area contributed by atoms with Gasteiger partial charge in [0.15, 0.2) is 0 Å². The topological polar surface area (TPSA) is 0 Å². The molecule has 0 rings (SSSR count). The highest BCUT2D eigenvalue weighted by Gasteiger charge is 2.21. The minimum Gasteiger partial charge on any atom is -0.107 e. The zero-order valence-corrected chi connectivity index (χ0v) is 12.4. The van der Waals surface area contributed by atoms with Gasteiger partial charge in [-0.2, -0.15) is 0 Å². The lowest BCUT2D eigenvalue weighted by atomic mass is 10.1. The van der Waals surface area contributed by atoms with Gasteiger partial charge in [-0.1, -0.05) is 82.3 Å². The van der Waals surface area contributed by atoms with Gasteiger partial charge in [0.1, 0.15) is 8.07 Å². The molecule has 0 heterocycles. The van der Waals surface area contributed by atoms with Crippen molar-refractivity contribution in [2.24, 2.45) is 0 Å². The lowest BCUT2D eigenvalue weighted by molar-refractivity contribution is 0.600. The first-order chi connectivity index (χ1) is 7.74. The van der Waals surface area contributed by atoms with Gasteiger partial charge in [-0.15, -0.1) is 13.2 Å². The van der Waals surface area contributed by atoms with Crippen molar-refractivity contribution in [2.75, 3.05) is 0 Å². The molecule has 0 aliphatic heterocycles. The monoisotopic (exact) mass is 238 g/mol. The van der Waals surface area contributed by atoms with E-state index in [1.165, 1.54) is 57.0 Å². The zero-order valence-electron chi connectivity index (χ0n) is 11.4. The van der Waals surface area contributed by atoms with Crippen LogP contribution in [0.4, 0.5) is 0 Å². The molecule has 1 heteroatoms. The van der Waals surface area contributed by atoms with Crippen LogP contribution >= 0.6 is 0 Å². The second-order valence-corrected chi connectivity index (χ2v) is 9.36. The SMILES string of the molecule is C=C[Si](C=C)(CC)CCCCCCCCC. The fourth-order valence-corrected chi connectivity index (χ4v) is 4.58. The average molecular weight is 238 g/mol. The lowest BCUT2D eigenvalue weighted by Crippen LogP contribution is -2.27. The Balaban J connectivity index is 3.55. The van der Waals surface area contributed by atoms with E-state index >= 15 is 0 Å². The van der Waals surface area contributed by atoms with Crippen molar-refractivity contribution in [3.8, 4) is 0 Å². The van der Waals surface area contributed by atoms with Gasteiger partial charge in [0.05, 0.1) is 0 Å². The van der Waals surface area contributed by atoms with Crippen LogP contribution in [-0.4, -0.2) is 8.07 Å². The van der Waals surface area contributed by atoms with Crippen molar-refractivity contribution >= 4 is 8.07 Å². The summed E-state index contributed by atoms with van der Waals surface area (Å²) in [6.45, 7) is 12.6. The largest absolute Gasteiger partial charge is 0.107 e. The predicted molar refractivity (Wildman–Crippen MR) is 79.4 cm³/mol. The molecule has 0 atom stereocenters. The molecule has 94 valence electrons. The maximum absolute atomic E-state index is 4.00. The van der Waals surface area contributed by atoms with Crippen LogP contribution in [0.25, 0.3) is 0 Å². The third-order valence-corrected chi connectivity index (χ3v) is 7.94. The Kier molecular flexibility index (Phi) is 9.70. The van der Waals surface area contributed by atoms with Crippen molar-refractivity contribution in [3.63, 3.8) is 0 Å². The molecular weight excluding hydrogens is 208 g/mol. The van der Waals surface area contributed by atoms with E-state index in [1.807, 2.05) is 0 Å². The molecule has 0 aliphatic carbocycles. The molecule has 0 aromatic rings. The molecule has 0 aliphatic rings. The van der Waals surface area contributed by atoms with Crippen LogP contribution in [-0.2, 0) is 0 Å². The van der Waals surface area contributed by atoms with Gasteiger partial charge < -0.3 is 0 Å². The molecule has 0 aromatic heterocycles. The van der Waals surface area contributed by atoms with Gasteiger partial charge in [-0.05, 0) is 0 Å². The number of unbranched alkanes of at least 4 members (excludes halogenated alkanes) is 6. The summed E-state index contributed by atoms with van der Waals surface area (Å²) in [4.78, 5) is 0. The van der Waals surface area contributed by atoms with E-state index < -0.39 is 8.07 Å². The van der Waals surface area contributed by atoms with Crippen molar-refractivity contribution in [1.29, 1.82) is 0 Å². The van der Waals surface area contributed by atoms with Crippen LogP contribution in [0.1, 0.15) is 58.8 Å². The lowest BCUT2D eigenvalue weighted by Gasteiger charge is -2.22. The summed E-state index contributed by atoms with van der Waals surface area (Å²) < 4.78 is 0. The molecule has 16 heavy (non-hydrogen) atoms. The summed E-state index contributed by atoms with van der Waals surface area (Å²) in [5.41, 5.74) is 4.44. The van der Waals surface area contributed by atoms with Crippen LogP contribution in [0.3, 0.4) is 0 Å². The van der Waals surface area contributed by atoms with Crippen LogP contribution < -0.4 is 0 Å². The van der Waals surface area contributed by atoms with Gasteiger partial charge in [-0.3, -0.25) is 0 Å². The Morgan fingerprint density at radius 1 is 0.812 bits per heavy atom. The molecule has 0 spiro atoms. The molecule has 0 amide bonds. The van der Waals surface area contributed by atoms with E-state index in [4.69, 9.17) is 0 Å². The summed E-state index contributed by atoms with van der Waals surface area (Å²) in [6, 6.07) is 2.64. The third kappa shape index (κ3) is 6.32. The first-order valence-corrected chi connectivity index (χ1v) is 9.58. The molecule has 0 unspecified atom stereocenters. The zero-order chi connectivity index (χ0) is 12.3. The number of hydrogen-bond donors (Lipinski definition) is 0. The second-order valence-electron chi connectivity index (χ2n) is 4.87. The van der Waals surface area contributed by atoms with Crippen LogP contribution in [0, 0.1) is 0 Å². The molecule has 0 saturated heterocycles. The predicted octanol–water partition coefficient (Wildman–Crippen LogP) is 5.66. The quantitative estimate of drug-likeness (QED) is 0.322. The molecule has 0 aromatic carbocycles. The molecule has 0 bridgehead atoms. The fourth-order valence-electron chi connectivity index (χ4n) is 2.16. The maximum Gasteiger partial charge on any atom is 0.100 e. The van der Waals surface area contributed by atoms with E-state index in [1.54, 1.807) is 0 Å². The Morgan fingerprint density at radius 2 is 1.31 bits per heavy atom. The van der Waals surface area contributed by atoms with E-state index in [0.29, 0.717) is 0 Å². The van der Waals surface area contributed by atoms with E-state index in [2.05, 4.69) is 38.4 Å². The Labute approximate surface area is 104 Å². The fraction of sp³-hybridized carbons (Fsp3) is 0.733.